The van der Waals surface area contributed by atoms with Gasteiger partial charge in [0.25, 0.3) is 0 Å². The van der Waals surface area contributed by atoms with Gasteiger partial charge >= 0.3 is 0 Å². The summed E-state index contributed by atoms with van der Waals surface area (Å²) in [4.78, 5) is 15.5. The van der Waals surface area contributed by atoms with Crippen LogP contribution in [0.3, 0.4) is 0 Å². The highest BCUT2D eigenvalue weighted by Gasteiger charge is 2.31. The Morgan fingerprint density at radius 2 is 1.59 bits per heavy atom. The molecule has 0 unspecified atom stereocenters. The Labute approximate surface area is 192 Å². The minimum Gasteiger partial charge on any atom is -0.350 e. The van der Waals surface area contributed by atoms with Gasteiger partial charge in [-0.05, 0) is 80.6 Å². The molecule has 174 valence electrons. The lowest BCUT2D eigenvalue weighted by Crippen LogP contribution is -2.49. The zero-order valence-corrected chi connectivity index (χ0v) is 20.4. The summed E-state index contributed by atoms with van der Waals surface area (Å²) in [6, 6.07) is 13.1. The monoisotopic (exact) mass is 457 g/mol. The van der Waals surface area contributed by atoms with Crippen LogP contribution in [0.1, 0.15) is 48.4 Å². The molecule has 0 saturated carbocycles. The molecule has 1 aliphatic rings. The van der Waals surface area contributed by atoms with E-state index in [9.17, 15) is 13.2 Å². The Kier molecular flexibility index (Phi) is 7.96. The molecule has 1 heterocycles. The van der Waals surface area contributed by atoms with Crippen molar-refractivity contribution in [1.29, 1.82) is 0 Å². The Bertz CT molecular complexity index is 1010. The van der Waals surface area contributed by atoms with Crippen LogP contribution < -0.4 is 9.62 Å². The van der Waals surface area contributed by atoms with Crippen molar-refractivity contribution in [3.63, 3.8) is 0 Å². The largest absolute Gasteiger partial charge is 0.350 e. The van der Waals surface area contributed by atoms with Crippen LogP contribution in [0.25, 0.3) is 0 Å². The normalized spacial score (nSPS) is 15.5. The number of sulfonamides is 1. The van der Waals surface area contributed by atoms with E-state index >= 15 is 0 Å². The van der Waals surface area contributed by atoms with E-state index in [-0.39, 0.29) is 5.91 Å². The lowest BCUT2D eigenvalue weighted by molar-refractivity contribution is -0.122. The number of amides is 1. The highest BCUT2D eigenvalue weighted by molar-refractivity contribution is 7.92. The van der Waals surface area contributed by atoms with E-state index in [1.807, 2.05) is 51.1 Å². The Morgan fingerprint density at radius 3 is 2.12 bits per heavy atom. The van der Waals surface area contributed by atoms with Gasteiger partial charge in [-0.2, -0.15) is 0 Å². The molecule has 2 aromatic carbocycles. The molecule has 0 spiro atoms. The molecule has 2 aromatic rings. The van der Waals surface area contributed by atoms with Gasteiger partial charge in [0.05, 0.1) is 11.9 Å². The molecule has 0 radical (unpaired) electrons. The van der Waals surface area contributed by atoms with Crippen LogP contribution in [0.2, 0.25) is 0 Å². The van der Waals surface area contributed by atoms with Gasteiger partial charge < -0.3 is 5.32 Å². The third-order valence-electron chi connectivity index (χ3n) is 5.89. The molecule has 3 rings (SSSR count). The van der Waals surface area contributed by atoms with Gasteiger partial charge in [-0.15, -0.1) is 0 Å². The molecule has 1 atom stereocenters. The van der Waals surface area contributed by atoms with Gasteiger partial charge in [0.15, 0.2) is 0 Å². The van der Waals surface area contributed by atoms with Crippen molar-refractivity contribution < 1.29 is 13.2 Å². The van der Waals surface area contributed by atoms with Crippen LogP contribution in [0.15, 0.2) is 42.5 Å². The Balaban J connectivity index is 1.69. The first-order valence-corrected chi connectivity index (χ1v) is 13.2. The number of aryl methyl sites for hydroxylation is 2. The number of likely N-dealkylation sites (tertiary alicyclic amines) is 1. The molecule has 32 heavy (non-hydrogen) atoms. The van der Waals surface area contributed by atoms with Crippen LogP contribution in [-0.4, -0.2) is 44.6 Å². The maximum Gasteiger partial charge on any atom is 0.244 e. The number of hydrogen-bond donors (Lipinski definition) is 1. The van der Waals surface area contributed by atoms with Crippen molar-refractivity contribution in [2.24, 2.45) is 0 Å². The van der Waals surface area contributed by atoms with Gasteiger partial charge in [-0.1, -0.05) is 37.3 Å². The van der Waals surface area contributed by atoms with Crippen molar-refractivity contribution >= 4 is 21.6 Å². The summed E-state index contributed by atoms with van der Waals surface area (Å²) in [5, 5.41) is 2.94. The highest BCUT2D eigenvalue weighted by atomic mass is 32.2. The predicted molar refractivity (Wildman–Crippen MR) is 130 cm³/mol. The van der Waals surface area contributed by atoms with E-state index in [4.69, 9.17) is 0 Å². The van der Waals surface area contributed by atoms with Crippen LogP contribution in [0.5, 0.6) is 0 Å². The van der Waals surface area contributed by atoms with Crippen molar-refractivity contribution in [3.8, 4) is 0 Å². The third-order valence-corrected chi connectivity index (χ3v) is 7.07. The van der Waals surface area contributed by atoms with Crippen LogP contribution in [-0.2, 0) is 27.9 Å². The molecule has 6 nitrogen and oxygen atoms in total. The van der Waals surface area contributed by atoms with Crippen molar-refractivity contribution in [1.82, 2.24) is 10.2 Å². The molecule has 1 N–H and O–H groups in total. The molecular formula is C25H35N3O3S. The number of anilines is 1. The minimum atomic E-state index is -3.64. The molecule has 1 aliphatic heterocycles. The van der Waals surface area contributed by atoms with Crippen molar-refractivity contribution in [3.05, 3.63) is 64.7 Å². The summed E-state index contributed by atoms with van der Waals surface area (Å²) in [5.41, 5.74) is 4.70. The number of carbonyl (C=O) groups excluding carboxylic acids is 1. The molecule has 0 bridgehead atoms. The number of nitrogens with one attached hydrogen (secondary N) is 1. The standard InChI is InChI=1S/C25H35N3O3S/c1-5-24(28(32(4,30)31)23-15-19(2)14-20(3)16-23)25(29)26-17-21-8-10-22(11-9-21)18-27-12-6-7-13-27/h8-11,14-16,24H,5-7,12-13,17-18H2,1-4H3,(H,26,29)/t24-/m0/s1. The summed E-state index contributed by atoms with van der Waals surface area (Å²) in [6.07, 6.45) is 4.07. The molecular weight excluding hydrogens is 422 g/mol. The summed E-state index contributed by atoms with van der Waals surface area (Å²) >= 11 is 0. The first kappa shape index (κ1) is 24.3. The van der Waals surface area contributed by atoms with Crippen LogP contribution in [0, 0.1) is 13.8 Å². The Morgan fingerprint density at radius 1 is 1.03 bits per heavy atom. The van der Waals surface area contributed by atoms with Crippen LogP contribution >= 0.6 is 0 Å². The fourth-order valence-electron chi connectivity index (χ4n) is 4.41. The number of nitrogens with zero attached hydrogens (tertiary/aromatic N) is 2. The molecule has 7 heteroatoms. The number of hydrogen-bond acceptors (Lipinski definition) is 4. The second kappa shape index (κ2) is 10.5. The first-order chi connectivity index (χ1) is 15.2. The maximum atomic E-state index is 13.1. The van der Waals surface area contributed by atoms with Gasteiger partial charge in [-0.25, -0.2) is 8.42 Å². The zero-order chi connectivity index (χ0) is 23.3. The number of benzene rings is 2. The van der Waals surface area contributed by atoms with E-state index in [1.165, 1.54) is 22.7 Å². The molecule has 1 amide bonds. The first-order valence-electron chi connectivity index (χ1n) is 11.3. The average molecular weight is 458 g/mol. The second-order valence-corrected chi connectivity index (χ2v) is 10.7. The second-order valence-electron chi connectivity index (χ2n) is 8.85. The minimum absolute atomic E-state index is 0.293. The van der Waals surface area contributed by atoms with E-state index in [2.05, 4.69) is 22.3 Å². The molecule has 0 aliphatic carbocycles. The molecule has 1 saturated heterocycles. The Hall–Kier alpha value is -2.38. The lowest BCUT2D eigenvalue weighted by atomic mass is 10.1. The summed E-state index contributed by atoms with van der Waals surface area (Å²) < 4.78 is 26.6. The number of rotatable bonds is 9. The van der Waals surface area contributed by atoms with Gasteiger partial charge in [0.2, 0.25) is 15.9 Å². The van der Waals surface area contributed by atoms with Gasteiger partial charge in [-0.3, -0.25) is 14.0 Å². The SMILES string of the molecule is CC[C@@H](C(=O)NCc1ccc(CN2CCCC2)cc1)N(c1cc(C)cc(C)c1)S(C)(=O)=O. The van der Waals surface area contributed by atoms with E-state index in [0.29, 0.717) is 18.7 Å². The maximum absolute atomic E-state index is 13.1. The van der Waals surface area contributed by atoms with Gasteiger partial charge in [0, 0.05) is 13.1 Å². The summed E-state index contributed by atoms with van der Waals surface area (Å²) in [6.45, 7) is 9.32. The highest BCUT2D eigenvalue weighted by Crippen LogP contribution is 2.25. The van der Waals surface area contributed by atoms with Crippen molar-refractivity contribution in [2.75, 3.05) is 23.7 Å². The molecule has 0 aromatic heterocycles. The topological polar surface area (TPSA) is 69.7 Å². The fraction of sp³-hybridized carbons (Fsp3) is 0.480. The van der Waals surface area contributed by atoms with E-state index < -0.39 is 16.1 Å². The third kappa shape index (κ3) is 6.33. The summed E-state index contributed by atoms with van der Waals surface area (Å²) in [7, 11) is -3.64. The number of carbonyl (C=O) groups is 1. The quantitative estimate of drug-likeness (QED) is 0.623. The zero-order valence-electron chi connectivity index (χ0n) is 19.6. The average Bonchev–Trinajstić information content (AvgIpc) is 3.22. The molecule has 1 fully saturated rings. The predicted octanol–water partition coefficient (Wildman–Crippen LogP) is 3.76. The van der Waals surface area contributed by atoms with Gasteiger partial charge in [0.1, 0.15) is 6.04 Å². The van der Waals surface area contributed by atoms with E-state index in [0.717, 1.165) is 42.6 Å². The van der Waals surface area contributed by atoms with Crippen molar-refractivity contribution in [2.45, 2.75) is 59.2 Å². The lowest BCUT2D eigenvalue weighted by Gasteiger charge is -2.30. The van der Waals surface area contributed by atoms with E-state index in [1.54, 1.807) is 0 Å². The fourth-order valence-corrected chi connectivity index (χ4v) is 5.60. The van der Waals surface area contributed by atoms with Crippen LogP contribution in [0.4, 0.5) is 5.69 Å². The smallest absolute Gasteiger partial charge is 0.244 e. The summed E-state index contributed by atoms with van der Waals surface area (Å²) in [5.74, 6) is -0.293.